The van der Waals surface area contributed by atoms with Gasteiger partial charge in [0.25, 0.3) is 0 Å². The van der Waals surface area contributed by atoms with E-state index < -0.39 is 12.1 Å². The minimum Gasteiger partial charge on any atom is -0.479 e. The second-order valence-electron chi connectivity index (χ2n) is 3.98. The lowest BCUT2D eigenvalue weighted by molar-refractivity contribution is -0.151. The summed E-state index contributed by atoms with van der Waals surface area (Å²) in [6.07, 6.45) is 2.81. The van der Waals surface area contributed by atoms with Gasteiger partial charge in [-0.2, -0.15) is 0 Å². The Morgan fingerprint density at radius 1 is 1.44 bits per heavy atom. The van der Waals surface area contributed by atoms with Crippen LogP contribution < -0.4 is 0 Å². The molecular formula is C10H9ClN4O3. The van der Waals surface area contributed by atoms with Crippen molar-refractivity contribution in [2.24, 2.45) is 0 Å². The molecule has 3 rings (SSSR count). The van der Waals surface area contributed by atoms with Crippen LogP contribution in [-0.2, 0) is 9.53 Å². The van der Waals surface area contributed by atoms with Crippen molar-refractivity contribution in [2.75, 3.05) is 0 Å². The number of fused-ring (bicyclic) bond motifs is 1. The van der Waals surface area contributed by atoms with Crippen LogP contribution >= 0.6 is 11.6 Å². The Morgan fingerprint density at radius 3 is 3.00 bits per heavy atom. The molecule has 8 heteroatoms. The van der Waals surface area contributed by atoms with Crippen LogP contribution in [0.1, 0.15) is 19.1 Å². The van der Waals surface area contributed by atoms with Gasteiger partial charge >= 0.3 is 5.97 Å². The summed E-state index contributed by atoms with van der Waals surface area (Å²) in [7, 11) is 0. The SMILES string of the molecule is O=C(O)[C@@H]1CC[C@H](n2cnc3c(Cl)ncnc32)O1. The summed E-state index contributed by atoms with van der Waals surface area (Å²) in [6, 6.07) is 0. The first-order valence-electron chi connectivity index (χ1n) is 5.38. The highest BCUT2D eigenvalue weighted by Crippen LogP contribution is 2.31. The van der Waals surface area contributed by atoms with Crippen LogP contribution in [0.2, 0.25) is 5.15 Å². The summed E-state index contributed by atoms with van der Waals surface area (Å²) in [5, 5.41) is 9.16. The number of imidazole rings is 1. The van der Waals surface area contributed by atoms with E-state index in [9.17, 15) is 4.79 Å². The first-order chi connectivity index (χ1) is 8.66. The van der Waals surface area contributed by atoms with E-state index in [0.717, 1.165) is 0 Å². The fourth-order valence-electron chi connectivity index (χ4n) is 2.04. The minimum absolute atomic E-state index is 0.270. The number of carbonyl (C=O) groups is 1. The Labute approximate surface area is 106 Å². The Bertz CT molecular complexity index is 614. The average Bonchev–Trinajstić information content (AvgIpc) is 2.94. The number of carboxylic acid groups (broad SMARTS) is 1. The molecule has 1 N–H and O–H groups in total. The van der Waals surface area contributed by atoms with E-state index >= 15 is 0 Å². The number of nitrogens with zero attached hydrogens (tertiary/aromatic N) is 4. The van der Waals surface area contributed by atoms with Gasteiger partial charge in [0.05, 0.1) is 6.33 Å². The van der Waals surface area contributed by atoms with Crippen LogP contribution in [0.4, 0.5) is 0 Å². The molecule has 1 aliphatic rings. The highest BCUT2D eigenvalue weighted by molar-refractivity contribution is 6.33. The predicted octanol–water partition coefficient (Wildman–Crippen LogP) is 1.24. The van der Waals surface area contributed by atoms with Crippen molar-refractivity contribution < 1.29 is 14.6 Å². The van der Waals surface area contributed by atoms with Gasteiger partial charge in [-0.1, -0.05) is 11.6 Å². The highest BCUT2D eigenvalue weighted by atomic mass is 35.5. The third kappa shape index (κ3) is 1.72. The Balaban J connectivity index is 1.96. The van der Waals surface area contributed by atoms with E-state index in [2.05, 4.69) is 15.0 Å². The maximum Gasteiger partial charge on any atom is 0.332 e. The van der Waals surface area contributed by atoms with Gasteiger partial charge in [0, 0.05) is 0 Å². The Morgan fingerprint density at radius 2 is 2.28 bits per heavy atom. The summed E-state index contributed by atoms with van der Waals surface area (Å²) in [6.45, 7) is 0. The molecule has 0 spiro atoms. The van der Waals surface area contributed by atoms with Gasteiger partial charge in [0.1, 0.15) is 18.1 Å². The molecular weight excluding hydrogens is 260 g/mol. The first kappa shape index (κ1) is 11.4. The maximum absolute atomic E-state index is 10.8. The zero-order valence-electron chi connectivity index (χ0n) is 9.15. The number of halogens is 1. The number of hydrogen-bond donors (Lipinski definition) is 1. The van der Waals surface area contributed by atoms with Crippen LogP contribution in [-0.4, -0.2) is 36.7 Å². The maximum atomic E-state index is 10.8. The molecule has 0 amide bonds. The molecule has 2 atom stereocenters. The van der Waals surface area contributed by atoms with Crippen LogP contribution in [0.25, 0.3) is 11.2 Å². The summed E-state index contributed by atoms with van der Waals surface area (Å²) < 4.78 is 7.12. The van der Waals surface area contributed by atoms with Gasteiger partial charge in [-0.15, -0.1) is 0 Å². The van der Waals surface area contributed by atoms with Crippen molar-refractivity contribution in [3.8, 4) is 0 Å². The number of rotatable bonds is 2. The molecule has 0 saturated carbocycles. The molecule has 7 nitrogen and oxygen atoms in total. The monoisotopic (exact) mass is 268 g/mol. The van der Waals surface area contributed by atoms with E-state index in [-0.39, 0.29) is 11.4 Å². The molecule has 0 radical (unpaired) electrons. The fourth-order valence-corrected chi connectivity index (χ4v) is 2.22. The van der Waals surface area contributed by atoms with Crippen molar-refractivity contribution in [3.63, 3.8) is 0 Å². The Kier molecular flexibility index (Phi) is 2.64. The Hall–Kier alpha value is -1.73. The third-order valence-electron chi connectivity index (χ3n) is 2.90. The smallest absolute Gasteiger partial charge is 0.332 e. The highest BCUT2D eigenvalue weighted by Gasteiger charge is 2.32. The quantitative estimate of drug-likeness (QED) is 0.824. The summed E-state index contributed by atoms with van der Waals surface area (Å²) in [5.74, 6) is -0.949. The summed E-state index contributed by atoms with van der Waals surface area (Å²) >= 11 is 5.89. The number of ether oxygens (including phenoxy) is 1. The normalized spacial score (nSPS) is 23.6. The van der Waals surface area contributed by atoms with Gasteiger partial charge in [-0.05, 0) is 12.8 Å². The third-order valence-corrected chi connectivity index (χ3v) is 3.17. The molecule has 0 aliphatic carbocycles. The lowest BCUT2D eigenvalue weighted by Gasteiger charge is -2.12. The molecule has 1 fully saturated rings. The van der Waals surface area contributed by atoms with Crippen molar-refractivity contribution in [3.05, 3.63) is 17.8 Å². The van der Waals surface area contributed by atoms with Crippen LogP contribution in [0.15, 0.2) is 12.7 Å². The van der Waals surface area contributed by atoms with Crippen LogP contribution in [0, 0.1) is 0 Å². The number of hydrogen-bond acceptors (Lipinski definition) is 5. The zero-order valence-corrected chi connectivity index (χ0v) is 9.91. The summed E-state index contributed by atoms with van der Waals surface area (Å²) in [5.41, 5.74) is 1.03. The molecule has 0 bridgehead atoms. The largest absolute Gasteiger partial charge is 0.479 e. The molecule has 0 unspecified atom stereocenters. The average molecular weight is 269 g/mol. The van der Waals surface area contributed by atoms with Gasteiger partial charge in [0.2, 0.25) is 0 Å². The van der Waals surface area contributed by atoms with Gasteiger partial charge in [-0.25, -0.2) is 19.7 Å². The second kappa shape index (κ2) is 4.18. The van der Waals surface area contributed by atoms with E-state index in [1.165, 1.54) is 6.33 Å². The van der Waals surface area contributed by atoms with Crippen molar-refractivity contribution in [1.82, 2.24) is 19.5 Å². The van der Waals surface area contributed by atoms with Crippen LogP contribution in [0.3, 0.4) is 0 Å². The molecule has 3 heterocycles. The fraction of sp³-hybridized carbons (Fsp3) is 0.400. The summed E-state index contributed by atoms with van der Waals surface area (Å²) in [4.78, 5) is 22.9. The first-order valence-corrected chi connectivity index (χ1v) is 5.76. The topological polar surface area (TPSA) is 90.1 Å². The minimum atomic E-state index is -0.949. The second-order valence-corrected chi connectivity index (χ2v) is 4.34. The molecule has 0 aromatic carbocycles. The van der Waals surface area contributed by atoms with Crippen molar-refractivity contribution >= 4 is 28.7 Å². The van der Waals surface area contributed by atoms with E-state index in [1.54, 1.807) is 10.9 Å². The van der Waals surface area contributed by atoms with Gasteiger partial charge in [0.15, 0.2) is 16.9 Å². The van der Waals surface area contributed by atoms with Gasteiger partial charge < -0.3 is 9.84 Å². The van der Waals surface area contributed by atoms with Gasteiger partial charge in [-0.3, -0.25) is 4.57 Å². The molecule has 18 heavy (non-hydrogen) atoms. The van der Waals surface area contributed by atoms with E-state index in [1.807, 2.05) is 0 Å². The standard InChI is InChI=1S/C10H9ClN4O3/c11-8-7-9(13-3-12-8)15(4-14-7)6-2-1-5(18-6)10(16)17/h3-6H,1-2H2,(H,16,17)/t5-,6+/m0/s1. The van der Waals surface area contributed by atoms with E-state index in [4.69, 9.17) is 21.4 Å². The van der Waals surface area contributed by atoms with Crippen molar-refractivity contribution in [2.45, 2.75) is 25.2 Å². The number of aliphatic carboxylic acids is 1. The molecule has 2 aromatic heterocycles. The van der Waals surface area contributed by atoms with Crippen LogP contribution in [0.5, 0.6) is 0 Å². The molecule has 1 saturated heterocycles. The van der Waals surface area contributed by atoms with Crippen molar-refractivity contribution in [1.29, 1.82) is 0 Å². The number of aromatic nitrogens is 4. The van der Waals surface area contributed by atoms with E-state index in [0.29, 0.717) is 24.0 Å². The molecule has 1 aliphatic heterocycles. The zero-order chi connectivity index (χ0) is 12.7. The molecule has 94 valence electrons. The lowest BCUT2D eigenvalue weighted by atomic mass is 10.2. The predicted molar refractivity (Wildman–Crippen MR) is 61.1 cm³/mol. The molecule has 2 aromatic rings. The lowest BCUT2D eigenvalue weighted by Crippen LogP contribution is -2.19. The number of carboxylic acids is 1.